The quantitative estimate of drug-likeness (QED) is 0.865. The summed E-state index contributed by atoms with van der Waals surface area (Å²) in [6.07, 6.45) is -2.47. The lowest BCUT2D eigenvalue weighted by atomic mass is 9.95. The maximum Gasteiger partial charge on any atom is 0.418 e. The average Bonchev–Trinajstić information content (AvgIpc) is 2.98. The molecule has 1 saturated carbocycles. The largest absolute Gasteiger partial charge is 0.418 e. The predicted octanol–water partition coefficient (Wildman–Crippen LogP) is 2.39. The Hall–Kier alpha value is -1.63. The zero-order valence-corrected chi connectivity index (χ0v) is 13.8. The Morgan fingerprint density at radius 3 is 2.62 bits per heavy atom. The van der Waals surface area contributed by atoms with Crippen molar-refractivity contribution in [3.05, 3.63) is 29.6 Å². The molecule has 4 nitrogen and oxygen atoms in total. The van der Waals surface area contributed by atoms with E-state index in [1.54, 1.807) is 0 Å². The number of piperidine rings is 1. The number of fused-ring (bicyclic) bond motifs is 1. The second kappa shape index (κ2) is 6.02. The summed E-state index contributed by atoms with van der Waals surface area (Å²) in [5.74, 6) is 0.932. The van der Waals surface area contributed by atoms with E-state index in [0.717, 1.165) is 19.2 Å². The molecular formula is C17H22F3N3O. The number of alkyl halides is 3. The Bertz CT molecular complexity index is 620. The van der Waals surface area contributed by atoms with Crippen molar-refractivity contribution in [3.8, 4) is 0 Å². The van der Waals surface area contributed by atoms with E-state index >= 15 is 0 Å². The highest BCUT2D eigenvalue weighted by molar-refractivity contribution is 5.83. The van der Waals surface area contributed by atoms with Crippen molar-refractivity contribution in [1.29, 1.82) is 0 Å². The first kappa shape index (κ1) is 17.2. The molecule has 1 unspecified atom stereocenters. The third-order valence-electron chi connectivity index (χ3n) is 5.04. The van der Waals surface area contributed by atoms with Crippen molar-refractivity contribution in [3.63, 3.8) is 0 Å². The molecule has 0 radical (unpaired) electrons. The molecule has 3 atom stereocenters. The number of amides is 1. The zero-order chi connectivity index (χ0) is 17.5. The number of nitrogens with one attached hydrogen (secondary N) is 2. The summed E-state index contributed by atoms with van der Waals surface area (Å²) in [7, 11) is 0. The predicted molar refractivity (Wildman–Crippen MR) is 83.1 cm³/mol. The topological polar surface area (TPSA) is 54.0 Å². The van der Waals surface area contributed by atoms with E-state index in [-0.39, 0.29) is 23.9 Å². The van der Waals surface area contributed by atoms with Gasteiger partial charge < -0.3 is 10.6 Å². The molecule has 132 valence electrons. The smallest absolute Gasteiger partial charge is 0.351 e. The normalized spacial score (nSPS) is 26.1. The van der Waals surface area contributed by atoms with Gasteiger partial charge in [-0.1, -0.05) is 0 Å². The minimum atomic E-state index is -4.41. The van der Waals surface area contributed by atoms with Crippen LogP contribution in [0, 0.1) is 17.8 Å². The minimum Gasteiger partial charge on any atom is -0.351 e. The number of hydrogen-bond donors (Lipinski definition) is 2. The lowest BCUT2D eigenvalue weighted by molar-refractivity contribution is -0.138. The number of rotatable bonds is 5. The number of pyridine rings is 1. The van der Waals surface area contributed by atoms with Crippen molar-refractivity contribution in [2.45, 2.75) is 38.4 Å². The summed E-state index contributed by atoms with van der Waals surface area (Å²) in [6, 6.07) is 2.34. The van der Waals surface area contributed by atoms with Gasteiger partial charge >= 0.3 is 6.18 Å². The van der Waals surface area contributed by atoms with Gasteiger partial charge in [0.2, 0.25) is 5.91 Å². The first-order chi connectivity index (χ1) is 11.2. The molecule has 7 heteroatoms. The van der Waals surface area contributed by atoms with Crippen LogP contribution in [0.5, 0.6) is 0 Å². The summed E-state index contributed by atoms with van der Waals surface area (Å²) < 4.78 is 39.0. The van der Waals surface area contributed by atoms with Crippen molar-refractivity contribution >= 4 is 5.91 Å². The Balaban J connectivity index is 1.58. The molecule has 1 aromatic rings. The van der Waals surface area contributed by atoms with Crippen LogP contribution >= 0.6 is 0 Å². The van der Waals surface area contributed by atoms with Gasteiger partial charge in [-0.15, -0.1) is 0 Å². The summed E-state index contributed by atoms with van der Waals surface area (Å²) in [6.45, 7) is 5.45. The number of carbonyl (C=O) groups is 1. The highest BCUT2D eigenvalue weighted by atomic mass is 19.4. The van der Waals surface area contributed by atoms with Crippen LogP contribution in [0.1, 0.15) is 31.5 Å². The van der Waals surface area contributed by atoms with Gasteiger partial charge in [0, 0.05) is 17.7 Å². The molecule has 1 saturated heterocycles. The van der Waals surface area contributed by atoms with Crippen molar-refractivity contribution in [2.24, 2.45) is 17.8 Å². The number of halogens is 3. The molecule has 1 amide bonds. The van der Waals surface area contributed by atoms with Crippen LogP contribution in [0.4, 0.5) is 13.2 Å². The van der Waals surface area contributed by atoms with Crippen molar-refractivity contribution in [2.75, 3.05) is 13.1 Å². The summed E-state index contributed by atoms with van der Waals surface area (Å²) in [5.41, 5.74) is -1.24. The van der Waals surface area contributed by atoms with Crippen LogP contribution in [-0.4, -0.2) is 29.5 Å². The van der Waals surface area contributed by atoms with Crippen LogP contribution < -0.4 is 10.6 Å². The fourth-order valence-corrected chi connectivity index (χ4v) is 3.61. The van der Waals surface area contributed by atoms with Crippen LogP contribution in [-0.2, 0) is 17.4 Å². The fraction of sp³-hybridized carbons (Fsp3) is 0.647. The lowest BCUT2D eigenvalue weighted by Crippen LogP contribution is -2.45. The standard InChI is InChI=1S/C17H22F3N3O/c1-16(2,23-15(24)14-10-8-21-9-11(10)14)6-5-13-12(17(18,19)20)4-3-7-22-13/h3-4,7,10-11,14,21H,5-6,8-9H2,1-2H3,(H,23,24)/t10-,11+,14?. The van der Waals surface area contributed by atoms with Crippen LogP contribution in [0.2, 0.25) is 0 Å². The van der Waals surface area contributed by atoms with Gasteiger partial charge in [-0.05, 0) is 63.7 Å². The van der Waals surface area contributed by atoms with Gasteiger partial charge in [-0.3, -0.25) is 9.78 Å². The molecule has 2 N–H and O–H groups in total. The van der Waals surface area contributed by atoms with E-state index in [0.29, 0.717) is 18.3 Å². The summed E-state index contributed by atoms with van der Waals surface area (Å²) >= 11 is 0. The highest BCUT2D eigenvalue weighted by Gasteiger charge is 2.57. The maximum atomic E-state index is 13.0. The van der Waals surface area contributed by atoms with E-state index in [1.165, 1.54) is 12.3 Å². The van der Waals surface area contributed by atoms with E-state index in [2.05, 4.69) is 15.6 Å². The van der Waals surface area contributed by atoms with E-state index < -0.39 is 17.3 Å². The monoisotopic (exact) mass is 341 g/mol. The maximum absolute atomic E-state index is 13.0. The van der Waals surface area contributed by atoms with E-state index in [1.807, 2.05) is 13.8 Å². The molecule has 0 aromatic carbocycles. The summed E-state index contributed by atoms with van der Waals surface area (Å²) in [4.78, 5) is 16.2. The van der Waals surface area contributed by atoms with Crippen LogP contribution in [0.25, 0.3) is 0 Å². The molecule has 2 heterocycles. The van der Waals surface area contributed by atoms with E-state index in [4.69, 9.17) is 0 Å². The molecule has 1 aliphatic heterocycles. The first-order valence-electron chi connectivity index (χ1n) is 8.23. The van der Waals surface area contributed by atoms with Gasteiger partial charge in [-0.25, -0.2) is 0 Å². The van der Waals surface area contributed by atoms with Gasteiger partial charge in [0.05, 0.1) is 11.3 Å². The van der Waals surface area contributed by atoms with Crippen molar-refractivity contribution < 1.29 is 18.0 Å². The number of carbonyl (C=O) groups excluding carboxylic acids is 1. The van der Waals surface area contributed by atoms with Gasteiger partial charge in [0.25, 0.3) is 0 Å². The number of nitrogens with zero attached hydrogens (tertiary/aromatic N) is 1. The minimum absolute atomic E-state index is 0.0218. The third-order valence-corrected chi connectivity index (χ3v) is 5.04. The molecule has 0 bridgehead atoms. The molecule has 1 aliphatic carbocycles. The van der Waals surface area contributed by atoms with E-state index in [9.17, 15) is 18.0 Å². The molecule has 3 rings (SSSR count). The second-order valence-electron chi connectivity index (χ2n) is 7.38. The summed E-state index contributed by atoms with van der Waals surface area (Å²) in [5, 5.41) is 6.24. The SMILES string of the molecule is CC(C)(CCc1ncccc1C(F)(F)F)NC(=O)C1[C@H]2CNC[C@@H]12. The van der Waals surface area contributed by atoms with Crippen molar-refractivity contribution in [1.82, 2.24) is 15.6 Å². The Kier molecular flexibility index (Phi) is 4.32. The molecule has 2 aliphatic rings. The third kappa shape index (κ3) is 3.55. The fourth-order valence-electron chi connectivity index (χ4n) is 3.61. The molecule has 1 aromatic heterocycles. The number of aryl methyl sites for hydroxylation is 1. The van der Waals surface area contributed by atoms with Gasteiger partial charge in [-0.2, -0.15) is 13.2 Å². The lowest BCUT2D eigenvalue weighted by Gasteiger charge is -2.27. The van der Waals surface area contributed by atoms with Gasteiger partial charge in [0.15, 0.2) is 0 Å². The Labute approximate surface area is 139 Å². The first-order valence-corrected chi connectivity index (χ1v) is 8.23. The van der Waals surface area contributed by atoms with Crippen LogP contribution in [0.3, 0.4) is 0 Å². The molecular weight excluding hydrogens is 319 g/mol. The number of hydrogen-bond acceptors (Lipinski definition) is 3. The molecule has 0 spiro atoms. The Morgan fingerprint density at radius 2 is 2.00 bits per heavy atom. The average molecular weight is 341 g/mol. The van der Waals surface area contributed by atoms with Gasteiger partial charge in [0.1, 0.15) is 0 Å². The zero-order valence-electron chi connectivity index (χ0n) is 13.8. The second-order valence-corrected chi connectivity index (χ2v) is 7.38. The number of aromatic nitrogens is 1. The van der Waals surface area contributed by atoms with Crippen LogP contribution in [0.15, 0.2) is 18.3 Å². The molecule has 24 heavy (non-hydrogen) atoms. The highest BCUT2D eigenvalue weighted by Crippen LogP contribution is 2.48. The Morgan fingerprint density at radius 1 is 1.33 bits per heavy atom. The molecule has 2 fully saturated rings.